The molecule has 0 rings (SSSR count). The van der Waals surface area contributed by atoms with Gasteiger partial charge in [0.15, 0.2) is 0 Å². The van der Waals surface area contributed by atoms with Crippen LogP contribution in [0.5, 0.6) is 0 Å². The SMILES string of the molecule is COCC(C)N(C)CS. The summed E-state index contributed by atoms with van der Waals surface area (Å²) in [6.45, 7) is 2.89. The maximum Gasteiger partial charge on any atom is 0.0615 e. The number of likely N-dealkylation sites (N-methyl/N-ethyl adjacent to an activating group) is 1. The van der Waals surface area contributed by atoms with Crippen LogP contribution in [0.2, 0.25) is 0 Å². The van der Waals surface area contributed by atoms with E-state index in [1.54, 1.807) is 7.11 Å². The lowest BCUT2D eigenvalue weighted by molar-refractivity contribution is 0.126. The first-order chi connectivity index (χ1) is 4.22. The Morgan fingerprint density at radius 3 is 2.56 bits per heavy atom. The molecule has 1 atom stereocenters. The van der Waals surface area contributed by atoms with Crippen molar-refractivity contribution in [1.29, 1.82) is 0 Å². The van der Waals surface area contributed by atoms with Crippen molar-refractivity contribution in [3.05, 3.63) is 0 Å². The predicted molar refractivity (Wildman–Crippen MR) is 43.0 cm³/mol. The zero-order valence-corrected chi connectivity index (χ0v) is 7.19. The standard InChI is InChI=1S/C6H15NOS/c1-6(4-8-3)7(2)5-9/h6,9H,4-5H2,1-3H3. The number of ether oxygens (including phenoxy) is 1. The highest BCUT2D eigenvalue weighted by molar-refractivity contribution is 7.80. The molecule has 0 aromatic heterocycles. The first-order valence-electron chi connectivity index (χ1n) is 3.02. The molecule has 2 nitrogen and oxygen atoms in total. The van der Waals surface area contributed by atoms with E-state index in [9.17, 15) is 0 Å². The molecule has 0 radical (unpaired) electrons. The van der Waals surface area contributed by atoms with Gasteiger partial charge in [0.25, 0.3) is 0 Å². The van der Waals surface area contributed by atoms with E-state index in [-0.39, 0.29) is 0 Å². The van der Waals surface area contributed by atoms with Gasteiger partial charge in [-0.1, -0.05) is 0 Å². The maximum absolute atomic E-state index is 4.95. The van der Waals surface area contributed by atoms with Crippen LogP contribution >= 0.6 is 12.6 Å². The van der Waals surface area contributed by atoms with Crippen LogP contribution < -0.4 is 0 Å². The third-order valence-electron chi connectivity index (χ3n) is 1.38. The van der Waals surface area contributed by atoms with Crippen molar-refractivity contribution in [3.63, 3.8) is 0 Å². The lowest BCUT2D eigenvalue weighted by Crippen LogP contribution is -2.31. The van der Waals surface area contributed by atoms with Crippen LogP contribution in [0.4, 0.5) is 0 Å². The van der Waals surface area contributed by atoms with E-state index in [4.69, 9.17) is 4.74 Å². The summed E-state index contributed by atoms with van der Waals surface area (Å²) < 4.78 is 4.95. The fraction of sp³-hybridized carbons (Fsp3) is 1.00. The lowest BCUT2D eigenvalue weighted by Gasteiger charge is -2.21. The Bertz CT molecular complexity index is 70.1. The molecule has 0 aliphatic rings. The van der Waals surface area contributed by atoms with E-state index >= 15 is 0 Å². The van der Waals surface area contributed by atoms with Crippen LogP contribution in [0, 0.1) is 0 Å². The van der Waals surface area contributed by atoms with E-state index in [1.165, 1.54) is 0 Å². The summed E-state index contributed by atoms with van der Waals surface area (Å²) in [5, 5.41) is 0. The Balaban J connectivity index is 3.32. The van der Waals surface area contributed by atoms with E-state index < -0.39 is 0 Å². The minimum Gasteiger partial charge on any atom is -0.383 e. The summed E-state index contributed by atoms with van der Waals surface area (Å²) in [7, 11) is 3.74. The van der Waals surface area contributed by atoms with Gasteiger partial charge < -0.3 is 4.74 Å². The first-order valence-corrected chi connectivity index (χ1v) is 3.65. The third kappa shape index (κ3) is 3.78. The number of methoxy groups -OCH3 is 1. The summed E-state index contributed by atoms with van der Waals surface area (Å²) in [6, 6.07) is 0.465. The maximum atomic E-state index is 4.95. The number of rotatable bonds is 4. The molecule has 0 N–H and O–H groups in total. The van der Waals surface area contributed by atoms with Crippen molar-refractivity contribution in [2.45, 2.75) is 13.0 Å². The average molecular weight is 149 g/mol. The summed E-state index contributed by atoms with van der Waals surface area (Å²) in [6.07, 6.45) is 0. The molecular weight excluding hydrogens is 134 g/mol. The quantitative estimate of drug-likeness (QED) is 0.470. The van der Waals surface area contributed by atoms with Crippen molar-refractivity contribution >= 4 is 12.6 Å². The molecular formula is C6H15NOS. The average Bonchev–Trinajstić information content (AvgIpc) is 1.87. The number of nitrogens with zero attached hydrogens (tertiary/aromatic N) is 1. The van der Waals surface area contributed by atoms with Gasteiger partial charge in [-0.25, -0.2) is 0 Å². The molecule has 0 spiro atoms. The molecule has 3 heteroatoms. The van der Waals surface area contributed by atoms with Crippen molar-refractivity contribution < 1.29 is 4.74 Å². The summed E-state index contributed by atoms with van der Waals surface area (Å²) in [4.78, 5) is 2.12. The van der Waals surface area contributed by atoms with Gasteiger partial charge in [0, 0.05) is 19.0 Å². The Kier molecular flexibility index (Phi) is 5.24. The topological polar surface area (TPSA) is 12.5 Å². The minimum absolute atomic E-state index is 0.465. The number of hydrogen-bond donors (Lipinski definition) is 1. The second-order valence-electron chi connectivity index (χ2n) is 2.20. The van der Waals surface area contributed by atoms with Crippen molar-refractivity contribution in [3.8, 4) is 0 Å². The summed E-state index contributed by atoms with van der Waals surface area (Å²) in [5.74, 6) is 0.782. The fourth-order valence-corrected chi connectivity index (χ4v) is 0.787. The van der Waals surface area contributed by atoms with Gasteiger partial charge in [-0.3, -0.25) is 4.90 Å². The van der Waals surface area contributed by atoms with Crippen molar-refractivity contribution in [2.24, 2.45) is 0 Å². The second-order valence-corrected chi connectivity index (χ2v) is 2.49. The van der Waals surface area contributed by atoms with Gasteiger partial charge in [0.1, 0.15) is 0 Å². The first kappa shape index (κ1) is 9.27. The largest absolute Gasteiger partial charge is 0.383 e. The Labute approximate surface area is 62.6 Å². The molecule has 0 heterocycles. The fourth-order valence-electron chi connectivity index (χ4n) is 0.508. The van der Waals surface area contributed by atoms with Crippen LogP contribution in [-0.2, 0) is 4.74 Å². The molecule has 0 bridgehead atoms. The Morgan fingerprint density at radius 1 is 1.67 bits per heavy atom. The van der Waals surface area contributed by atoms with Gasteiger partial charge in [-0.15, -0.1) is 0 Å². The molecule has 0 aromatic rings. The van der Waals surface area contributed by atoms with Crippen molar-refractivity contribution in [1.82, 2.24) is 4.90 Å². The van der Waals surface area contributed by atoms with Gasteiger partial charge in [-0.2, -0.15) is 12.6 Å². The second kappa shape index (κ2) is 5.09. The number of thiol groups is 1. The van der Waals surface area contributed by atoms with Gasteiger partial charge in [0.05, 0.1) is 6.61 Å². The molecule has 9 heavy (non-hydrogen) atoms. The molecule has 0 saturated heterocycles. The van der Waals surface area contributed by atoms with E-state index in [0.29, 0.717) is 6.04 Å². The van der Waals surface area contributed by atoms with Crippen LogP contribution in [0.15, 0.2) is 0 Å². The van der Waals surface area contributed by atoms with Crippen LogP contribution in [0.1, 0.15) is 6.92 Å². The Morgan fingerprint density at radius 2 is 2.22 bits per heavy atom. The zero-order chi connectivity index (χ0) is 7.28. The van der Waals surface area contributed by atoms with E-state index in [0.717, 1.165) is 12.5 Å². The highest BCUT2D eigenvalue weighted by Crippen LogP contribution is 1.95. The minimum atomic E-state index is 0.465. The molecule has 0 aliphatic carbocycles. The predicted octanol–water partition coefficient (Wildman–Crippen LogP) is 0.840. The Hall–Kier alpha value is 0.270. The zero-order valence-electron chi connectivity index (χ0n) is 6.29. The normalized spacial score (nSPS) is 14.3. The molecule has 0 fully saturated rings. The highest BCUT2D eigenvalue weighted by atomic mass is 32.1. The monoisotopic (exact) mass is 149 g/mol. The smallest absolute Gasteiger partial charge is 0.0615 e. The lowest BCUT2D eigenvalue weighted by atomic mass is 10.3. The van der Waals surface area contributed by atoms with E-state index in [2.05, 4.69) is 24.5 Å². The summed E-state index contributed by atoms with van der Waals surface area (Å²) >= 11 is 4.12. The number of hydrogen-bond acceptors (Lipinski definition) is 3. The van der Waals surface area contributed by atoms with Crippen LogP contribution in [0.3, 0.4) is 0 Å². The van der Waals surface area contributed by atoms with Gasteiger partial charge in [-0.05, 0) is 14.0 Å². The molecule has 0 amide bonds. The summed E-state index contributed by atoms with van der Waals surface area (Å²) in [5.41, 5.74) is 0. The highest BCUT2D eigenvalue weighted by Gasteiger charge is 2.04. The van der Waals surface area contributed by atoms with E-state index in [1.807, 2.05) is 7.05 Å². The van der Waals surface area contributed by atoms with Crippen LogP contribution in [0.25, 0.3) is 0 Å². The van der Waals surface area contributed by atoms with Gasteiger partial charge >= 0.3 is 0 Å². The molecule has 0 saturated carbocycles. The van der Waals surface area contributed by atoms with Crippen LogP contribution in [-0.4, -0.2) is 37.6 Å². The van der Waals surface area contributed by atoms with Gasteiger partial charge in [0.2, 0.25) is 0 Å². The molecule has 0 aliphatic heterocycles. The third-order valence-corrected chi connectivity index (χ3v) is 1.83. The molecule has 0 aromatic carbocycles. The van der Waals surface area contributed by atoms with Crippen molar-refractivity contribution in [2.75, 3.05) is 26.6 Å². The molecule has 56 valence electrons. The molecule has 1 unspecified atom stereocenters.